The third-order valence-electron chi connectivity index (χ3n) is 4.83. The normalized spacial score (nSPS) is 15.6. The van der Waals surface area contributed by atoms with E-state index in [2.05, 4.69) is 15.5 Å². The number of amides is 1. The molecule has 1 aliphatic heterocycles. The van der Waals surface area contributed by atoms with Gasteiger partial charge in [-0.3, -0.25) is 4.79 Å². The highest BCUT2D eigenvalue weighted by atomic mass is 16.5. The monoisotopic (exact) mass is 423 g/mol. The van der Waals surface area contributed by atoms with Gasteiger partial charge in [0.05, 0.1) is 13.2 Å². The molecule has 1 aliphatic rings. The first-order valence-electron chi connectivity index (χ1n) is 10.4. The van der Waals surface area contributed by atoms with E-state index < -0.39 is 0 Å². The van der Waals surface area contributed by atoms with Crippen molar-refractivity contribution in [1.82, 2.24) is 10.1 Å². The topological polar surface area (TPSA) is 95.7 Å². The number of nitrogens with zero attached hydrogens (tertiary/aromatic N) is 2. The van der Waals surface area contributed by atoms with Crippen LogP contribution in [0, 0.1) is 0 Å². The van der Waals surface area contributed by atoms with Gasteiger partial charge in [-0.05, 0) is 57.0 Å². The van der Waals surface area contributed by atoms with Gasteiger partial charge in [-0.25, -0.2) is 0 Å². The first kappa shape index (κ1) is 20.9. The van der Waals surface area contributed by atoms with Gasteiger partial charge < -0.3 is 24.1 Å². The molecule has 4 rings (SSSR count). The first-order valence-corrected chi connectivity index (χ1v) is 10.4. The van der Waals surface area contributed by atoms with E-state index in [0.717, 1.165) is 24.0 Å². The van der Waals surface area contributed by atoms with Crippen molar-refractivity contribution in [2.24, 2.45) is 0 Å². The molecule has 8 heteroatoms. The van der Waals surface area contributed by atoms with E-state index in [1.807, 2.05) is 56.3 Å². The number of hydrogen-bond donors (Lipinski definition) is 1. The number of ether oxygens (including phenoxy) is 3. The molecular formula is C23H25N3O5. The van der Waals surface area contributed by atoms with Gasteiger partial charge in [-0.1, -0.05) is 17.3 Å². The lowest BCUT2D eigenvalue weighted by Crippen LogP contribution is -2.26. The fourth-order valence-electron chi connectivity index (χ4n) is 3.39. The minimum atomic E-state index is -0.389. The lowest BCUT2D eigenvalue weighted by atomic mass is 10.1. The number of carbonyl (C=O) groups is 1. The van der Waals surface area contributed by atoms with E-state index >= 15 is 0 Å². The summed E-state index contributed by atoms with van der Waals surface area (Å²) in [7, 11) is 0. The number of nitrogens with one attached hydrogen (secondary N) is 1. The van der Waals surface area contributed by atoms with E-state index in [9.17, 15) is 4.79 Å². The van der Waals surface area contributed by atoms with E-state index in [1.54, 1.807) is 0 Å². The molecule has 1 amide bonds. The van der Waals surface area contributed by atoms with Crippen molar-refractivity contribution in [3.8, 4) is 34.3 Å². The predicted molar refractivity (Wildman–Crippen MR) is 115 cm³/mol. The Hall–Kier alpha value is -3.39. The van der Waals surface area contributed by atoms with Crippen molar-refractivity contribution in [2.75, 3.05) is 25.1 Å². The van der Waals surface area contributed by atoms with Crippen molar-refractivity contribution >= 4 is 11.6 Å². The number of benzene rings is 2. The maximum absolute atomic E-state index is 12.3. The lowest BCUT2D eigenvalue weighted by molar-refractivity contribution is -0.124. The van der Waals surface area contributed by atoms with Crippen LogP contribution in [-0.2, 0) is 9.53 Å². The molecule has 162 valence electrons. The van der Waals surface area contributed by atoms with Crippen LogP contribution in [0.4, 0.5) is 5.69 Å². The zero-order chi connectivity index (χ0) is 21.6. The van der Waals surface area contributed by atoms with E-state index in [1.165, 1.54) is 0 Å². The van der Waals surface area contributed by atoms with E-state index in [4.69, 9.17) is 18.7 Å². The molecule has 1 unspecified atom stereocenters. The van der Waals surface area contributed by atoms with Crippen molar-refractivity contribution in [2.45, 2.75) is 32.8 Å². The number of carbonyl (C=O) groups excluding carboxylic acids is 1. The Morgan fingerprint density at radius 3 is 2.71 bits per heavy atom. The summed E-state index contributed by atoms with van der Waals surface area (Å²) < 4.78 is 22.2. The van der Waals surface area contributed by atoms with Crippen molar-refractivity contribution < 1.29 is 23.5 Å². The fourth-order valence-corrected chi connectivity index (χ4v) is 3.39. The summed E-state index contributed by atoms with van der Waals surface area (Å²) in [6.07, 6.45) is 1.26. The van der Waals surface area contributed by atoms with Crippen molar-refractivity contribution in [3.63, 3.8) is 0 Å². The highest BCUT2D eigenvalue weighted by Crippen LogP contribution is 2.33. The van der Waals surface area contributed by atoms with Gasteiger partial charge in [-0.15, -0.1) is 0 Å². The second-order valence-corrected chi connectivity index (χ2v) is 7.02. The molecule has 1 atom stereocenters. The van der Waals surface area contributed by atoms with Gasteiger partial charge in [0, 0.05) is 23.4 Å². The molecule has 0 spiro atoms. The molecule has 1 N–H and O–H groups in total. The van der Waals surface area contributed by atoms with E-state index in [-0.39, 0.29) is 12.0 Å². The molecule has 0 aliphatic carbocycles. The lowest BCUT2D eigenvalue weighted by Gasteiger charge is -2.11. The molecule has 0 saturated carbocycles. The summed E-state index contributed by atoms with van der Waals surface area (Å²) in [5.41, 5.74) is 2.12. The average Bonchev–Trinajstić information content (AvgIpc) is 3.48. The Kier molecular flexibility index (Phi) is 6.47. The van der Waals surface area contributed by atoms with Crippen LogP contribution in [0.3, 0.4) is 0 Å². The van der Waals surface area contributed by atoms with Crippen LogP contribution in [0.25, 0.3) is 22.8 Å². The molecule has 31 heavy (non-hydrogen) atoms. The molecule has 0 bridgehead atoms. The Balaban J connectivity index is 1.53. The minimum absolute atomic E-state index is 0.138. The van der Waals surface area contributed by atoms with Gasteiger partial charge in [0.1, 0.15) is 6.10 Å². The third kappa shape index (κ3) is 4.86. The first-order chi connectivity index (χ1) is 15.2. The molecule has 3 aromatic rings. The van der Waals surface area contributed by atoms with Crippen molar-refractivity contribution in [1.29, 1.82) is 0 Å². The largest absolute Gasteiger partial charge is 0.490 e. The zero-order valence-corrected chi connectivity index (χ0v) is 17.6. The van der Waals surface area contributed by atoms with Gasteiger partial charge >= 0.3 is 0 Å². The quantitative estimate of drug-likeness (QED) is 0.576. The van der Waals surface area contributed by atoms with Gasteiger partial charge in [0.15, 0.2) is 11.5 Å². The second kappa shape index (κ2) is 9.61. The van der Waals surface area contributed by atoms with Crippen LogP contribution in [-0.4, -0.2) is 42.0 Å². The maximum Gasteiger partial charge on any atom is 0.258 e. The summed E-state index contributed by atoms with van der Waals surface area (Å²) in [6, 6.07) is 12.8. The summed E-state index contributed by atoms with van der Waals surface area (Å²) in [5.74, 6) is 1.95. The number of hydrogen-bond acceptors (Lipinski definition) is 7. The SMILES string of the molecule is CCOc1ccc(-c2nc(-c3cccc(NC(=O)C4CCCO4)c3)no2)cc1OCC. The molecular weight excluding hydrogens is 398 g/mol. The van der Waals surface area contributed by atoms with E-state index in [0.29, 0.717) is 48.7 Å². The Morgan fingerprint density at radius 1 is 1.10 bits per heavy atom. The Morgan fingerprint density at radius 2 is 1.94 bits per heavy atom. The third-order valence-corrected chi connectivity index (χ3v) is 4.83. The summed E-state index contributed by atoms with van der Waals surface area (Å²) in [4.78, 5) is 16.8. The molecule has 2 aromatic carbocycles. The molecule has 1 saturated heterocycles. The predicted octanol–water partition coefficient (Wildman–Crippen LogP) is 4.32. The second-order valence-electron chi connectivity index (χ2n) is 7.02. The molecule has 0 radical (unpaired) electrons. The standard InChI is InChI=1S/C23H25N3O5/c1-3-28-18-11-10-16(14-20(18)29-4-2)23-25-21(26-31-23)15-7-5-8-17(13-15)24-22(27)19-9-6-12-30-19/h5,7-8,10-11,13-14,19H,3-4,6,9,12H2,1-2H3,(H,24,27). The number of rotatable bonds is 8. The van der Waals surface area contributed by atoms with Crippen LogP contribution in [0.1, 0.15) is 26.7 Å². The molecule has 1 fully saturated rings. The van der Waals surface area contributed by atoms with Gasteiger partial charge in [0.25, 0.3) is 11.8 Å². The van der Waals surface area contributed by atoms with Gasteiger partial charge in [-0.2, -0.15) is 4.98 Å². The molecule has 1 aromatic heterocycles. The highest BCUT2D eigenvalue weighted by molar-refractivity contribution is 5.94. The average molecular weight is 423 g/mol. The minimum Gasteiger partial charge on any atom is -0.490 e. The summed E-state index contributed by atoms with van der Waals surface area (Å²) in [6.45, 7) is 5.52. The van der Waals surface area contributed by atoms with Crippen LogP contribution >= 0.6 is 0 Å². The number of aromatic nitrogens is 2. The van der Waals surface area contributed by atoms with Crippen LogP contribution in [0.15, 0.2) is 47.0 Å². The van der Waals surface area contributed by atoms with Crippen LogP contribution in [0.5, 0.6) is 11.5 Å². The fraction of sp³-hybridized carbons (Fsp3) is 0.348. The molecule has 2 heterocycles. The van der Waals surface area contributed by atoms with Crippen molar-refractivity contribution in [3.05, 3.63) is 42.5 Å². The highest BCUT2D eigenvalue weighted by Gasteiger charge is 2.23. The summed E-state index contributed by atoms with van der Waals surface area (Å²) >= 11 is 0. The molecule has 8 nitrogen and oxygen atoms in total. The maximum atomic E-state index is 12.3. The zero-order valence-electron chi connectivity index (χ0n) is 17.6. The summed E-state index contributed by atoms with van der Waals surface area (Å²) in [5, 5.41) is 6.99. The Bertz CT molecular complexity index is 1040. The van der Waals surface area contributed by atoms with Crippen LogP contribution in [0.2, 0.25) is 0 Å². The van der Waals surface area contributed by atoms with Crippen LogP contribution < -0.4 is 14.8 Å². The Labute approximate surface area is 180 Å². The number of anilines is 1. The van der Waals surface area contributed by atoms with Gasteiger partial charge in [0.2, 0.25) is 5.82 Å². The smallest absolute Gasteiger partial charge is 0.258 e.